The van der Waals surface area contributed by atoms with Crippen molar-refractivity contribution in [2.24, 2.45) is 0 Å². The van der Waals surface area contributed by atoms with Gasteiger partial charge in [-0.2, -0.15) is 5.10 Å². The number of aromatic nitrogens is 2. The lowest BCUT2D eigenvalue weighted by atomic mass is 10.1. The minimum absolute atomic E-state index is 0.0917. The maximum Gasteiger partial charge on any atom is 0.262 e. The van der Waals surface area contributed by atoms with Crippen LogP contribution in [0.15, 0.2) is 36.7 Å². The zero-order chi connectivity index (χ0) is 13.8. The fourth-order valence-corrected chi connectivity index (χ4v) is 2.10. The van der Waals surface area contributed by atoms with E-state index in [-0.39, 0.29) is 12.5 Å². The van der Waals surface area contributed by atoms with E-state index >= 15 is 0 Å². The van der Waals surface area contributed by atoms with Crippen LogP contribution in [0.25, 0.3) is 0 Å². The average molecular weight is 272 g/mol. The normalized spacial score (nSPS) is 13.5. The van der Waals surface area contributed by atoms with E-state index in [1.165, 1.54) is 0 Å². The minimum atomic E-state index is -0.110. The van der Waals surface area contributed by atoms with Gasteiger partial charge in [-0.05, 0) is 23.8 Å². The summed E-state index contributed by atoms with van der Waals surface area (Å²) in [6.45, 7) is 2.50. The summed E-state index contributed by atoms with van der Waals surface area (Å²) in [6.07, 6.45) is 3.71. The number of carbonyl (C=O) groups excluding carboxylic acids is 1. The summed E-state index contributed by atoms with van der Waals surface area (Å²) in [6, 6.07) is 7.73. The highest BCUT2D eigenvalue weighted by molar-refractivity contribution is 5.95. The van der Waals surface area contributed by atoms with Crippen LogP contribution in [0.4, 0.5) is 5.69 Å². The molecule has 1 amide bonds. The number of amides is 1. The van der Waals surface area contributed by atoms with Gasteiger partial charge < -0.3 is 15.4 Å². The Morgan fingerprint density at radius 3 is 3.25 bits per heavy atom. The second kappa shape index (κ2) is 5.75. The molecule has 1 aromatic heterocycles. The molecule has 0 atom stereocenters. The predicted octanol–water partition coefficient (Wildman–Crippen LogP) is 1.00. The Labute approximate surface area is 116 Å². The number of hydrogen-bond donors (Lipinski definition) is 2. The SMILES string of the molecule is O=C1COc2ccc(CNCCn3cccn3)cc2N1. The average Bonchev–Trinajstić information content (AvgIpc) is 2.96. The van der Waals surface area contributed by atoms with E-state index in [0.29, 0.717) is 0 Å². The first-order valence-corrected chi connectivity index (χ1v) is 6.55. The van der Waals surface area contributed by atoms with Crippen molar-refractivity contribution in [3.8, 4) is 5.75 Å². The maximum atomic E-state index is 11.3. The smallest absolute Gasteiger partial charge is 0.262 e. The molecular formula is C14H16N4O2. The van der Waals surface area contributed by atoms with Crippen LogP contribution < -0.4 is 15.4 Å². The Morgan fingerprint density at radius 2 is 2.40 bits per heavy atom. The molecule has 1 aliphatic heterocycles. The molecule has 2 heterocycles. The van der Waals surface area contributed by atoms with Gasteiger partial charge in [-0.15, -0.1) is 0 Å². The van der Waals surface area contributed by atoms with Crippen molar-refractivity contribution in [1.29, 1.82) is 0 Å². The molecular weight excluding hydrogens is 256 g/mol. The van der Waals surface area contributed by atoms with Crippen LogP contribution in [-0.2, 0) is 17.9 Å². The Morgan fingerprint density at radius 1 is 1.45 bits per heavy atom. The second-order valence-electron chi connectivity index (χ2n) is 4.61. The van der Waals surface area contributed by atoms with Gasteiger partial charge in [0.15, 0.2) is 6.61 Å². The second-order valence-corrected chi connectivity index (χ2v) is 4.61. The monoisotopic (exact) mass is 272 g/mol. The molecule has 20 heavy (non-hydrogen) atoms. The van der Waals surface area contributed by atoms with Gasteiger partial charge in [-0.1, -0.05) is 6.07 Å². The van der Waals surface area contributed by atoms with Crippen molar-refractivity contribution in [3.63, 3.8) is 0 Å². The molecule has 2 aromatic rings. The molecule has 1 aromatic carbocycles. The number of nitrogens with zero attached hydrogens (tertiary/aromatic N) is 2. The van der Waals surface area contributed by atoms with Crippen LogP contribution in [0.5, 0.6) is 5.75 Å². The molecule has 6 nitrogen and oxygen atoms in total. The number of carbonyl (C=O) groups is 1. The van der Waals surface area contributed by atoms with E-state index in [4.69, 9.17) is 4.74 Å². The molecule has 0 fully saturated rings. The van der Waals surface area contributed by atoms with E-state index < -0.39 is 0 Å². The Balaban J connectivity index is 1.53. The quantitative estimate of drug-likeness (QED) is 0.797. The van der Waals surface area contributed by atoms with Gasteiger partial charge in [-0.3, -0.25) is 9.48 Å². The molecule has 0 saturated heterocycles. The van der Waals surface area contributed by atoms with Crippen LogP contribution in [-0.4, -0.2) is 28.8 Å². The summed E-state index contributed by atoms with van der Waals surface area (Å²) < 4.78 is 7.20. The lowest BCUT2D eigenvalue weighted by molar-refractivity contribution is -0.118. The summed E-state index contributed by atoms with van der Waals surface area (Å²) in [4.78, 5) is 11.3. The molecule has 0 bridgehead atoms. The zero-order valence-corrected chi connectivity index (χ0v) is 11.0. The van der Waals surface area contributed by atoms with Crippen LogP contribution in [0.1, 0.15) is 5.56 Å². The number of fused-ring (bicyclic) bond motifs is 1. The van der Waals surface area contributed by atoms with E-state index in [9.17, 15) is 4.79 Å². The van der Waals surface area contributed by atoms with Crippen LogP contribution >= 0.6 is 0 Å². The largest absolute Gasteiger partial charge is 0.482 e. The lowest BCUT2D eigenvalue weighted by Gasteiger charge is -2.18. The molecule has 1 aliphatic rings. The Bertz CT molecular complexity index is 595. The highest BCUT2D eigenvalue weighted by Crippen LogP contribution is 2.28. The lowest BCUT2D eigenvalue weighted by Crippen LogP contribution is -2.25. The highest BCUT2D eigenvalue weighted by Gasteiger charge is 2.15. The molecule has 3 rings (SSSR count). The van der Waals surface area contributed by atoms with Crippen LogP contribution in [0.2, 0.25) is 0 Å². The summed E-state index contributed by atoms with van der Waals surface area (Å²) >= 11 is 0. The maximum absolute atomic E-state index is 11.3. The molecule has 104 valence electrons. The number of ether oxygens (including phenoxy) is 1. The van der Waals surface area contributed by atoms with E-state index in [2.05, 4.69) is 15.7 Å². The van der Waals surface area contributed by atoms with Crippen molar-refractivity contribution < 1.29 is 9.53 Å². The van der Waals surface area contributed by atoms with Crippen LogP contribution in [0, 0.1) is 0 Å². The third kappa shape index (κ3) is 2.97. The highest BCUT2D eigenvalue weighted by atomic mass is 16.5. The van der Waals surface area contributed by atoms with E-state index in [0.717, 1.165) is 36.6 Å². The summed E-state index contributed by atoms with van der Waals surface area (Å²) in [5.41, 5.74) is 1.85. The Hall–Kier alpha value is -2.34. The Kier molecular flexibility index (Phi) is 3.64. The third-order valence-electron chi connectivity index (χ3n) is 3.08. The zero-order valence-electron chi connectivity index (χ0n) is 11.0. The molecule has 0 spiro atoms. The first kappa shape index (κ1) is 12.7. The van der Waals surface area contributed by atoms with Gasteiger partial charge in [0.25, 0.3) is 5.91 Å². The summed E-state index contributed by atoms with van der Waals surface area (Å²) in [5, 5.41) is 10.3. The number of hydrogen-bond acceptors (Lipinski definition) is 4. The molecule has 6 heteroatoms. The summed E-state index contributed by atoms with van der Waals surface area (Å²) in [5.74, 6) is 0.617. The van der Waals surface area contributed by atoms with Gasteiger partial charge in [0.05, 0.1) is 12.2 Å². The van der Waals surface area contributed by atoms with Gasteiger partial charge in [0, 0.05) is 25.5 Å². The van der Waals surface area contributed by atoms with E-state index in [1.807, 2.05) is 35.1 Å². The van der Waals surface area contributed by atoms with Gasteiger partial charge >= 0.3 is 0 Å². The van der Waals surface area contributed by atoms with Crippen molar-refractivity contribution >= 4 is 11.6 Å². The molecule has 0 radical (unpaired) electrons. The molecule has 0 aliphatic carbocycles. The third-order valence-corrected chi connectivity index (χ3v) is 3.08. The van der Waals surface area contributed by atoms with Crippen molar-refractivity contribution in [2.75, 3.05) is 18.5 Å². The molecule has 2 N–H and O–H groups in total. The first-order valence-electron chi connectivity index (χ1n) is 6.55. The summed E-state index contributed by atoms with van der Waals surface area (Å²) in [7, 11) is 0. The standard InChI is InChI=1S/C14H16N4O2/c19-14-10-20-13-3-2-11(8-12(13)17-14)9-15-5-7-18-6-1-4-16-18/h1-4,6,8,15H,5,7,9-10H2,(H,17,19). The van der Waals surface area contributed by atoms with E-state index in [1.54, 1.807) is 6.20 Å². The molecule has 0 unspecified atom stereocenters. The van der Waals surface area contributed by atoms with Gasteiger partial charge in [0.2, 0.25) is 0 Å². The number of rotatable bonds is 5. The number of nitrogens with one attached hydrogen (secondary N) is 2. The van der Waals surface area contributed by atoms with Gasteiger partial charge in [-0.25, -0.2) is 0 Å². The predicted molar refractivity (Wildman–Crippen MR) is 74.5 cm³/mol. The minimum Gasteiger partial charge on any atom is -0.482 e. The fourth-order valence-electron chi connectivity index (χ4n) is 2.10. The van der Waals surface area contributed by atoms with Crippen molar-refractivity contribution in [2.45, 2.75) is 13.1 Å². The first-order chi connectivity index (χ1) is 9.81. The molecule has 0 saturated carbocycles. The van der Waals surface area contributed by atoms with Crippen molar-refractivity contribution in [3.05, 3.63) is 42.2 Å². The topological polar surface area (TPSA) is 68.2 Å². The fraction of sp³-hybridized carbons (Fsp3) is 0.286. The van der Waals surface area contributed by atoms with Crippen LogP contribution in [0.3, 0.4) is 0 Å². The van der Waals surface area contributed by atoms with Crippen molar-refractivity contribution in [1.82, 2.24) is 15.1 Å². The number of anilines is 1. The van der Waals surface area contributed by atoms with Gasteiger partial charge in [0.1, 0.15) is 5.75 Å². The number of benzene rings is 1.